The first-order valence-corrected chi connectivity index (χ1v) is 9.86. The molecule has 1 aromatic rings. The van der Waals surface area contributed by atoms with E-state index >= 15 is 0 Å². The van der Waals surface area contributed by atoms with Gasteiger partial charge in [-0.2, -0.15) is 0 Å². The maximum atomic E-state index is 12.5. The number of hydrogen-bond acceptors (Lipinski definition) is 4. The normalized spacial score (nSPS) is 20.1. The summed E-state index contributed by atoms with van der Waals surface area (Å²) in [5.41, 5.74) is 1.05. The molecule has 1 N–H and O–H groups in total. The highest BCUT2D eigenvalue weighted by Gasteiger charge is 2.25. The Balaban J connectivity index is 1.42. The lowest BCUT2D eigenvalue weighted by atomic mass is 9.95. The van der Waals surface area contributed by atoms with Crippen molar-refractivity contribution >= 4 is 23.2 Å². The third kappa shape index (κ3) is 4.36. The van der Waals surface area contributed by atoms with Crippen molar-refractivity contribution < 1.29 is 9.59 Å². The highest BCUT2D eigenvalue weighted by molar-refractivity contribution is 7.12. The van der Waals surface area contributed by atoms with E-state index in [9.17, 15) is 9.59 Å². The Kier molecular flexibility index (Phi) is 5.89. The largest absolute Gasteiger partial charge is 0.352 e. The minimum Gasteiger partial charge on any atom is -0.352 e. The van der Waals surface area contributed by atoms with E-state index in [4.69, 9.17) is 0 Å². The van der Waals surface area contributed by atoms with Crippen molar-refractivity contribution in [2.24, 2.45) is 0 Å². The summed E-state index contributed by atoms with van der Waals surface area (Å²) in [7, 11) is 0. The SMILES string of the molecule is Cc1ccsc1C(=O)N1CCN(CC(=O)NC2CCCCC2)CC1. The van der Waals surface area contributed by atoms with Crippen molar-refractivity contribution in [2.45, 2.75) is 45.1 Å². The van der Waals surface area contributed by atoms with Crippen molar-refractivity contribution in [1.29, 1.82) is 0 Å². The number of nitrogens with one attached hydrogen (secondary N) is 1. The van der Waals surface area contributed by atoms with Crippen LogP contribution in [-0.4, -0.2) is 60.4 Å². The molecule has 0 spiro atoms. The minimum atomic E-state index is 0.133. The van der Waals surface area contributed by atoms with Crippen LogP contribution >= 0.6 is 11.3 Å². The molecule has 24 heavy (non-hydrogen) atoms. The van der Waals surface area contributed by atoms with E-state index in [0.29, 0.717) is 25.7 Å². The summed E-state index contributed by atoms with van der Waals surface area (Å²) in [6, 6.07) is 2.36. The number of amides is 2. The standard InChI is InChI=1S/C18H27N3O2S/c1-14-7-12-24-17(14)18(23)21-10-8-20(9-11-21)13-16(22)19-15-5-3-2-4-6-15/h7,12,15H,2-6,8-11,13H2,1H3,(H,19,22). The van der Waals surface area contributed by atoms with Crippen molar-refractivity contribution in [3.05, 3.63) is 21.9 Å². The van der Waals surface area contributed by atoms with Crippen LogP contribution in [0.5, 0.6) is 0 Å². The van der Waals surface area contributed by atoms with Crippen LogP contribution in [0.15, 0.2) is 11.4 Å². The van der Waals surface area contributed by atoms with Gasteiger partial charge < -0.3 is 10.2 Å². The van der Waals surface area contributed by atoms with Crippen LogP contribution in [0, 0.1) is 6.92 Å². The zero-order valence-electron chi connectivity index (χ0n) is 14.4. The molecule has 2 heterocycles. The van der Waals surface area contributed by atoms with Gasteiger partial charge >= 0.3 is 0 Å². The fraction of sp³-hybridized carbons (Fsp3) is 0.667. The molecule has 1 aliphatic heterocycles. The predicted molar refractivity (Wildman–Crippen MR) is 96.4 cm³/mol. The summed E-state index contributed by atoms with van der Waals surface area (Å²) in [4.78, 5) is 29.6. The third-order valence-electron chi connectivity index (χ3n) is 5.05. The number of thiophene rings is 1. The van der Waals surface area contributed by atoms with Gasteiger partial charge in [-0.05, 0) is 36.8 Å². The van der Waals surface area contributed by atoms with E-state index < -0.39 is 0 Å². The van der Waals surface area contributed by atoms with Gasteiger partial charge in [0.1, 0.15) is 0 Å². The number of carbonyl (C=O) groups excluding carboxylic acids is 2. The number of aryl methyl sites for hydroxylation is 1. The Bertz CT molecular complexity index is 573. The molecule has 2 amide bonds. The van der Waals surface area contributed by atoms with Crippen LogP contribution in [0.4, 0.5) is 0 Å². The molecule has 132 valence electrons. The van der Waals surface area contributed by atoms with Gasteiger partial charge in [-0.25, -0.2) is 0 Å². The van der Waals surface area contributed by atoms with Gasteiger partial charge in [-0.3, -0.25) is 14.5 Å². The monoisotopic (exact) mass is 349 g/mol. The molecule has 0 unspecified atom stereocenters. The second kappa shape index (κ2) is 8.12. The average molecular weight is 350 g/mol. The summed E-state index contributed by atoms with van der Waals surface area (Å²) >= 11 is 1.51. The fourth-order valence-corrected chi connectivity index (χ4v) is 4.46. The van der Waals surface area contributed by atoms with Crippen molar-refractivity contribution in [1.82, 2.24) is 15.1 Å². The van der Waals surface area contributed by atoms with Gasteiger partial charge in [0, 0.05) is 32.2 Å². The molecule has 2 fully saturated rings. The van der Waals surface area contributed by atoms with Crippen molar-refractivity contribution in [3.8, 4) is 0 Å². The van der Waals surface area contributed by atoms with E-state index in [0.717, 1.165) is 36.4 Å². The lowest BCUT2D eigenvalue weighted by Crippen LogP contribution is -2.52. The molecule has 1 aliphatic carbocycles. The Hall–Kier alpha value is -1.40. The van der Waals surface area contributed by atoms with E-state index in [-0.39, 0.29) is 11.8 Å². The van der Waals surface area contributed by atoms with Crippen LogP contribution in [0.25, 0.3) is 0 Å². The van der Waals surface area contributed by atoms with Gasteiger partial charge in [0.2, 0.25) is 5.91 Å². The molecule has 0 radical (unpaired) electrons. The van der Waals surface area contributed by atoms with Gasteiger partial charge in [0.15, 0.2) is 0 Å². The summed E-state index contributed by atoms with van der Waals surface area (Å²) in [6.07, 6.45) is 6.00. The molecule has 6 heteroatoms. The first kappa shape index (κ1) is 17.4. The minimum absolute atomic E-state index is 0.133. The zero-order chi connectivity index (χ0) is 16.9. The smallest absolute Gasteiger partial charge is 0.264 e. The van der Waals surface area contributed by atoms with E-state index in [2.05, 4.69) is 10.2 Å². The Morgan fingerprint density at radius 2 is 1.88 bits per heavy atom. The van der Waals surface area contributed by atoms with Crippen LogP contribution in [0.1, 0.15) is 47.3 Å². The van der Waals surface area contributed by atoms with Gasteiger partial charge in [0.05, 0.1) is 11.4 Å². The Labute approximate surface area is 148 Å². The summed E-state index contributed by atoms with van der Waals surface area (Å²) < 4.78 is 0. The van der Waals surface area contributed by atoms with Gasteiger partial charge in [0.25, 0.3) is 5.91 Å². The van der Waals surface area contributed by atoms with Crippen molar-refractivity contribution in [2.75, 3.05) is 32.7 Å². The topological polar surface area (TPSA) is 52.7 Å². The molecule has 0 atom stereocenters. The quantitative estimate of drug-likeness (QED) is 0.907. The molecule has 3 rings (SSSR count). The number of nitrogens with zero attached hydrogens (tertiary/aromatic N) is 2. The number of carbonyl (C=O) groups is 2. The van der Waals surface area contributed by atoms with E-state index in [1.165, 1.54) is 30.6 Å². The maximum Gasteiger partial charge on any atom is 0.264 e. The lowest BCUT2D eigenvalue weighted by molar-refractivity contribution is -0.123. The van der Waals surface area contributed by atoms with E-state index in [1.807, 2.05) is 23.3 Å². The second-order valence-electron chi connectivity index (χ2n) is 6.90. The average Bonchev–Trinajstić information content (AvgIpc) is 3.02. The summed E-state index contributed by atoms with van der Waals surface area (Å²) in [5, 5.41) is 5.14. The highest BCUT2D eigenvalue weighted by Crippen LogP contribution is 2.19. The number of rotatable bonds is 4. The first-order chi connectivity index (χ1) is 11.6. The Morgan fingerprint density at radius 1 is 1.17 bits per heavy atom. The van der Waals surface area contributed by atoms with Crippen LogP contribution in [0.3, 0.4) is 0 Å². The van der Waals surface area contributed by atoms with Crippen LogP contribution < -0.4 is 5.32 Å². The van der Waals surface area contributed by atoms with Crippen LogP contribution in [-0.2, 0) is 4.79 Å². The zero-order valence-corrected chi connectivity index (χ0v) is 15.2. The third-order valence-corrected chi connectivity index (χ3v) is 6.06. The number of hydrogen-bond donors (Lipinski definition) is 1. The highest BCUT2D eigenvalue weighted by atomic mass is 32.1. The van der Waals surface area contributed by atoms with Gasteiger partial charge in [-0.1, -0.05) is 19.3 Å². The maximum absolute atomic E-state index is 12.5. The molecule has 2 aliphatic rings. The predicted octanol–water partition coefficient (Wildman–Crippen LogP) is 2.26. The Morgan fingerprint density at radius 3 is 2.50 bits per heavy atom. The summed E-state index contributed by atoms with van der Waals surface area (Å²) in [5.74, 6) is 0.268. The molecule has 0 aromatic carbocycles. The van der Waals surface area contributed by atoms with E-state index in [1.54, 1.807) is 0 Å². The second-order valence-corrected chi connectivity index (χ2v) is 7.82. The molecular weight excluding hydrogens is 322 g/mol. The fourth-order valence-electron chi connectivity index (χ4n) is 3.57. The molecule has 1 saturated heterocycles. The first-order valence-electron chi connectivity index (χ1n) is 8.98. The van der Waals surface area contributed by atoms with Gasteiger partial charge in [-0.15, -0.1) is 11.3 Å². The number of piperazine rings is 1. The molecule has 1 aromatic heterocycles. The lowest BCUT2D eigenvalue weighted by Gasteiger charge is -2.34. The van der Waals surface area contributed by atoms with Crippen molar-refractivity contribution in [3.63, 3.8) is 0 Å². The summed E-state index contributed by atoms with van der Waals surface area (Å²) in [6.45, 7) is 5.38. The molecule has 1 saturated carbocycles. The molecular formula is C18H27N3O2S. The molecule has 0 bridgehead atoms. The molecule has 5 nitrogen and oxygen atoms in total. The van der Waals surface area contributed by atoms with Crippen LogP contribution in [0.2, 0.25) is 0 Å².